The summed E-state index contributed by atoms with van der Waals surface area (Å²) in [5.41, 5.74) is 0.929. The molecule has 96 valence electrons. The van der Waals surface area contributed by atoms with E-state index >= 15 is 0 Å². The molecule has 0 spiro atoms. The van der Waals surface area contributed by atoms with E-state index in [1.807, 2.05) is 20.8 Å². The first-order valence-corrected chi connectivity index (χ1v) is 6.30. The average molecular weight is 259 g/mol. The molecule has 17 heavy (non-hydrogen) atoms. The maximum absolute atomic E-state index is 12.9. The van der Waals surface area contributed by atoms with Crippen LogP contribution in [0.4, 0.5) is 4.39 Å². The number of rotatable bonds is 4. The minimum Gasteiger partial charge on any atom is -0.393 e. The van der Waals surface area contributed by atoms with Crippen molar-refractivity contribution in [3.8, 4) is 0 Å². The number of halogens is 2. The van der Waals surface area contributed by atoms with E-state index in [-0.39, 0.29) is 22.4 Å². The highest BCUT2D eigenvalue weighted by atomic mass is 35.5. The van der Waals surface area contributed by atoms with Crippen LogP contribution >= 0.6 is 11.6 Å². The second-order valence-electron chi connectivity index (χ2n) is 5.52. The van der Waals surface area contributed by atoms with Crippen molar-refractivity contribution in [2.45, 2.75) is 46.1 Å². The first kappa shape index (κ1) is 14.5. The van der Waals surface area contributed by atoms with Crippen molar-refractivity contribution < 1.29 is 9.50 Å². The Morgan fingerprint density at radius 3 is 2.53 bits per heavy atom. The Kier molecular flexibility index (Phi) is 4.96. The van der Waals surface area contributed by atoms with Crippen molar-refractivity contribution in [1.82, 2.24) is 0 Å². The van der Waals surface area contributed by atoms with Gasteiger partial charge in [-0.3, -0.25) is 0 Å². The lowest BCUT2D eigenvalue weighted by molar-refractivity contribution is 0.0540. The second-order valence-corrected chi connectivity index (χ2v) is 5.93. The predicted molar refractivity (Wildman–Crippen MR) is 69.8 cm³/mol. The zero-order chi connectivity index (χ0) is 13.1. The smallest absolute Gasteiger partial charge is 0.141 e. The molecule has 0 aliphatic rings. The van der Waals surface area contributed by atoms with Crippen molar-refractivity contribution in [3.05, 3.63) is 34.6 Å². The number of aryl methyl sites for hydroxylation is 1. The maximum atomic E-state index is 12.9. The normalized spacial score (nSPS) is 13.8. The van der Waals surface area contributed by atoms with Gasteiger partial charge >= 0.3 is 0 Å². The molecule has 0 radical (unpaired) electrons. The van der Waals surface area contributed by atoms with Gasteiger partial charge in [0.2, 0.25) is 0 Å². The number of hydrogen-bond acceptors (Lipinski definition) is 1. The molecule has 1 N–H and O–H groups in total. The van der Waals surface area contributed by atoms with E-state index in [0.717, 1.165) is 24.8 Å². The summed E-state index contributed by atoms with van der Waals surface area (Å²) in [4.78, 5) is 0. The largest absolute Gasteiger partial charge is 0.393 e. The number of benzene rings is 1. The van der Waals surface area contributed by atoms with Crippen LogP contribution < -0.4 is 0 Å². The van der Waals surface area contributed by atoms with Gasteiger partial charge < -0.3 is 5.11 Å². The summed E-state index contributed by atoms with van der Waals surface area (Å²) in [5.74, 6) is -0.384. The van der Waals surface area contributed by atoms with Gasteiger partial charge in [-0.05, 0) is 42.4 Å². The zero-order valence-electron chi connectivity index (χ0n) is 10.6. The fourth-order valence-corrected chi connectivity index (χ4v) is 1.83. The molecule has 0 saturated heterocycles. The molecule has 0 aromatic heterocycles. The molecule has 1 nitrogen and oxygen atoms in total. The van der Waals surface area contributed by atoms with Gasteiger partial charge in [-0.25, -0.2) is 4.39 Å². The lowest BCUT2D eigenvalue weighted by atomic mass is 9.86. The topological polar surface area (TPSA) is 20.2 Å². The van der Waals surface area contributed by atoms with Crippen molar-refractivity contribution >= 4 is 11.6 Å². The van der Waals surface area contributed by atoms with Crippen molar-refractivity contribution in [3.63, 3.8) is 0 Å². The maximum Gasteiger partial charge on any atom is 0.141 e. The summed E-state index contributed by atoms with van der Waals surface area (Å²) in [7, 11) is 0. The van der Waals surface area contributed by atoms with Crippen LogP contribution in [0.5, 0.6) is 0 Å². The standard InChI is InChI=1S/C14H20ClFO/c1-14(2,3)13(17)6-4-5-10-7-8-12(16)11(15)9-10/h7-9,13,17H,4-6H2,1-3H3. The van der Waals surface area contributed by atoms with Gasteiger partial charge in [0.05, 0.1) is 11.1 Å². The summed E-state index contributed by atoms with van der Waals surface area (Å²) < 4.78 is 12.9. The quantitative estimate of drug-likeness (QED) is 0.858. The minimum atomic E-state index is -0.384. The van der Waals surface area contributed by atoms with Gasteiger partial charge in [0, 0.05) is 0 Å². The fourth-order valence-electron chi connectivity index (χ4n) is 1.63. The Morgan fingerprint density at radius 2 is 2.00 bits per heavy atom. The highest BCUT2D eigenvalue weighted by Crippen LogP contribution is 2.24. The van der Waals surface area contributed by atoms with Gasteiger partial charge in [0.15, 0.2) is 0 Å². The van der Waals surface area contributed by atoms with E-state index in [4.69, 9.17) is 11.6 Å². The van der Waals surface area contributed by atoms with E-state index in [1.165, 1.54) is 6.07 Å². The van der Waals surface area contributed by atoms with Crippen molar-refractivity contribution in [2.24, 2.45) is 5.41 Å². The Labute approximate surface area is 108 Å². The van der Waals surface area contributed by atoms with Gasteiger partial charge in [0.25, 0.3) is 0 Å². The van der Waals surface area contributed by atoms with E-state index in [0.29, 0.717) is 0 Å². The molecule has 1 atom stereocenters. The summed E-state index contributed by atoms with van der Waals surface area (Å²) >= 11 is 5.70. The molecule has 1 unspecified atom stereocenters. The van der Waals surface area contributed by atoms with Gasteiger partial charge in [-0.15, -0.1) is 0 Å². The summed E-state index contributed by atoms with van der Waals surface area (Å²) in [6, 6.07) is 4.78. The highest BCUT2D eigenvalue weighted by molar-refractivity contribution is 6.30. The van der Waals surface area contributed by atoms with Crippen LogP contribution in [0.2, 0.25) is 5.02 Å². The summed E-state index contributed by atoms with van der Waals surface area (Å²) in [6.45, 7) is 6.06. The molecule has 0 bridgehead atoms. The van der Waals surface area contributed by atoms with Crippen LogP contribution in [0.15, 0.2) is 18.2 Å². The third-order valence-corrected chi connectivity index (χ3v) is 3.22. The van der Waals surface area contributed by atoms with Gasteiger partial charge in [-0.2, -0.15) is 0 Å². The molecule has 0 aliphatic carbocycles. The van der Waals surface area contributed by atoms with Crippen LogP contribution in [0.25, 0.3) is 0 Å². The Balaban J connectivity index is 2.44. The van der Waals surface area contributed by atoms with E-state index < -0.39 is 0 Å². The number of aliphatic hydroxyl groups is 1. The molecule has 0 fully saturated rings. The zero-order valence-corrected chi connectivity index (χ0v) is 11.4. The molecule has 1 rings (SSSR count). The molecule has 0 aliphatic heterocycles. The van der Waals surface area contributed by atoms with E-state index in [9.17, 15) is 9.50 Å². The first-order valence-electron chi connectivity index (χ1n) is 5.92. The molecule has 0 amide bonds. The molecule has 1 aromatic carbocycles. The minimum absolute atomic E-state index is 0.0829. The number of aliphatic hydroxyl groups excluding tert-OH is 1. The van der Waals surface area contributed by atoms with E-state index in [2.05, 4.69) is 0 Å². The van der Waals surface area contributed by atoms with Gasteiger partial charge in [-0.1, -0.05) is 38.4 Å². The first-order chi connectivity index (χ1) is 7.80. The average Bonchev–Trinajstić information content (AvgIpc) is 2.22. The van der Waals surface area contributed by atoms with E-state index in [1.54, 1.807) is 12.1 Å². The molecular formula is C14H20ClFO. The second kappa shape index (κ2) is 5.83. The van der Waals surface area contributed by atoms with Crippen LogP contribution in [-0.4, -0.2) is 11.2 Å². The third kappa shape index (κ3) is 4.64. The Hall–Kier alpha value is -0.600. The van der Waals surface area contributed by atoms with Crippen molar-refractivity contribution in [2.75, 3.05) is 0 Å². The predicted octanol–water partition coefficient (Wildman–Crippen LogP) is 4.21. The molecule has 3 heteroatoms. The number of hydrogen-bond donors (Lipinski definition) is 1. The van der Waals surface area contributed by atoms with Crippen LogP contribution in [-0.2, 0) is 6.42 Å². The van der Waals surface area contributed by atoms with Crippen LogP contribution in [0.3, 0.4) is 0 Å². The highest BCUT2D eigenvalue weighted by Gasteiger charge is 2.21. The monoisotopic (exact) mass is 258 g/mol. The Morgan fingerprint density at radius 1 is 1.35 bits per heavy atom. The molecular weight excluding hydrogens is 239 g/mol. The van der Waals surface area contributed by atoms with Gasteiger partial charge in [0.1, 0.15) is 5.82 Å². The molecule has 0 saturated carbocycles. The Bertz CT molecular complexity index is 371. The summed E-state index contributed by atoms with van der Waals surface area (Å²) in [5, 5.41) is 10.0. The van der Waals surface area contributed by atoms with Crippen LogP contribution in [0.1, 0.15) is 39.2 Å². The lowest BCUT2D eigenvalue weighted by Gasteiger charge is -2.25. The van der Waals surface area contributed by atoms with Crippen molar-refractivity contribution in [1.29, 1.82) is 0 Å². The SMILES string of the molecule is CC(C)(C)C(O)CCCc1ccc(F)c(Cl)c1. The fraction of sp³-hybridized carbons (Fsp3) is 0.571. The van der Waals surface area contributed by atoms with Crippen LogP contribution in [0, 0.1) is 11.2 Å². The molecule has 1 aromatic rings. The third-order valence-electron chi connectivity index (χ3n) is 2.93. The summed E-state index contributed by atoms with van der Waals surface area (Å²) in [6.07, 6.45) is 2.13. The molecule has 0 heterocycles. The lowest BCUT2D eigenvalue weighted by Crippen LogP contribution is -2.25.